The summed E-state index contributed by atoms with van der Waals surface area (Å²) in [5, 5.41) is 11.3. The Morgan fingerprint density at radius 3 is 2.60 bits per heavy atom. The summed E-state index contributed by atoms with van der Waals surface area (Å²) in [5.41, 5.74) is -0.666. The molecular formula is C21H27FO3. The molecule has 0 saturated carbocycles. The molecule has 0 spiro atoms. The summed E-state index contributed by atoms with van der Waals surface area (Å²) < 4.78 is 19.6. The van der Waals surface area contributed by atoms with Gasteiger partial charge in [0.25, 0.3) is 0 Å². The van der Waals surface area contributed by atoms with Crippen molar-refractivity contribution >= 4 is 16.7 Å². The van der Waals surface area contributed by atoms with Gasteiger partial charge in [0.15, 0.2) is 0 Å². The monoisotopic (exact) mass is 346 g/mol. The second-order valence-corrected chi connectivity index (χ2v) is 6.99. The minimum atomic E-state index is -1.48. The third-order valence-electron chi connectivity index (χ3n) is 4.52. The molecule has 0 heterocycles. The first-order chi connectivity index (χ1) is 11.8. The lowest BCUT2D eigenvalue weighted by molar-refractivity contribution is -0.149. The molecule has 0 aliphatic heterocycles. The summed E-state index contributed by atoms with van der Waals surface area (Å²) in [6, 6.07) is 10.7. The van der Waals surface area contributed by atoms with E-state index in [1.54, 1.807) is 25.1 Å². The van der Waals surface area contributed by atoms with Gasteiger partial charge in [0.1, 0.15) is 18.0 Å². The molecule has 4 heteroatoms. The van der Waals surface area contributed by atoms with Crippen molar-refractivity contribution in [3.63, 3.8) is 0 Å². The number of hydrogen-bond donors (Lipinski definition) is 1. The zero-order valence-electron chi connectivity index (χ0n) is 15.2. The molecule has 1 N–H and O–H groups in total. The summed E-state index contributed by atoms with van der Waals surface area (Å²) in [4.78, 5) is 12.3. The summed E-state index contributed by atoms with van der Waals surface area (Å²) in [5.74, 6) is -0.680. The molecule has 2 rings (SSSR count). The standard InChI is InChI=1S/C21H27FO3/c1-4-5-6-11-21(3,22)14-25-20(24)15(2)16-7-8-18-13-19(23)10-9-17(18)12-16/h7-10,12-13,15,23H,4-6,11,14H2,1-3H3/t15-,21-/m0/s1. The molecule has 2 aromatic carbocycles. The van der Waals surface area contributed by atoms with E-state index in [2.05, 4.69) is 6.92 Å². The fourth-order valence-electron chi connectivity index (χ4n) is 2.82. The Hall–Kier alpha value is -2.10. The Bertz CT molecular complexity index is 724. The zero-order valence-corrected chi connectivity index (χ0v) is 15.2. The minimum absolute atomic E-state index is 0.206. The maximum Gasteiger partial charge on any atom is 0.313 e. The number of halogens is 1. The Morgan fingerprint density at radius 1 is 1.20 bits per heavy atom. The van der Waals surface area contributed by atoms with Crippen LogP contribution in [0.4, 0.5) is 4.39 Å². The van der Waals surface area contributed by atoms with E-state index in [0.29, 0.717) is 6.42 Å². The average Bonchev–Trinajstić information content (AvgIpc) is 2.58. The molecule has 2 aromatic rings. The number of phenols is 1. The first-order valence-electron chi connectivity index (χ1n) is 8.90. The molecule has 3 nitrogen and oxygen atoms in total. The van der Waals surface area contributed by atoms with Gasteiger partial charge in [0, 0.05) is 0 Å². The van der Waals surface area contributed by atoms with Gasteiger partial charge in [-0.05, 0) is 48.7 Å². The smallest absolute Gasteiger partial charge is 0.313 e. The highest BCUT2D eigenvalue weighted by molar-refractivity contribution is 5.86. The summed E-state index contributed by atoms with van der Waals surface area (Å²) >= 11 is 0. The Kier molecular flexibility index (Phi) is 6.40. The predicted molar refractivity (Wildman–Crippen MR) is 98.6 cm³/mol. The van der Waals surface area contributed by atoms with Crippen LogP contribution in [0.5, 0.6) is 5.75 Å². The summed E-state index contributed by atoms with van der Waals surface area (Å²) in [7, 11) is 0. The van der Waals surface area contributed by atoms with Crippen LogP contribution in [0, 0.1) is 0 Å². The molecule has 0 aliphatic rings. The van der Waals surface area contributed by atoms with Crippen molar-refractivity contribution in [2.45, 2.75) is 58.0 Å². The van der Waals surface area contributed by atoms with Crippen molar-refractivity contribution in [2.24, 2.45) is 0 Å². The summed E-state index contributed by atoms with van der Waals surface area (Å²) in [6.07, 6.45) is 3.22. The topological polar surface area (TPSA) is 46.5 Å². The highest BCUT2D eigenvalue weighted by Gasteiger charge is 2.26. The number of hydrogen-bond acceptors (Lipinski definition) is 3. The zero-order chi connectivity index (χ0) is 18.4. The third kappa shape index (κ3) is 5.45. The fourth-order valence-corrected chi connectivity index (χ4v) is 2.82. The van der Waals surface area contributed by atoms with Gasteiger partial charge >= 0.3 is 5.97 Å². The number of ether oxygens (including phenoxy) is 1. The molecule has 0 radical (unpaired) electrons. The van der Waals surface area contributed by atoms with E-state index in [0.717, 1.165) is 35.6 Å². The van der Waals surface area contributed by atoms with E-state index in [9.17, 15) is 14.3 Å². The molecular weight excluding hydrogens is 319 g/mol. The van der Waals surface area contributed by atoms with Crippen molar-refractivity contribution in [3.8, 4) is 5.75 Å². The van der Waals surface area contributed by atoms with Crippen molar-refractivity contribution in [1.82, 2.24) is 0 Å². The van der Waals surface area contributed by atoms with Crippen molar-refractivity contribution in [2.75, 3.05) is 6.61 Å². The number of carbonyl (C=O) groups excluding carboxylic acids is 1. The second-order valence-electron chi connectivity index (χ2n) is 6.99. The van der Waals surface area contributed by atoms with Crippen molar-refractivity contribution < 1.29 is 19.0 Å². The molecule has 136 valence electrons. The molecule has 0 amide bonds. The van der Waals surface area contributed by atoms with Crippen LogP contribution in [0.25, 0.3) is 10.8 Å². The van der Waals surface area contributed by atoms with E-state index in [-0.39, 0.29) is 12.4 Å². The molecule has 2 atom stereocenters. The lowest BCUT2D eigenvalue weighted by atomic mass is 9.97. The van der Waals surface area contributed by atoms with Gasteiger partial charge < -0.3 is 9.84 Å². The minimum Gasteiger partial charge on any atom is -0.508 e. The lowest BCUT2D eigenvalue weighted by Crippen LogP contribution is -2.28. The highest BCUT2D eigenvalue weighted by atomic mass is 19.1. The van der Waals surface area contributed by atoms with E-state index in [1.165, 1.54) is 6.92 Å². The molecule has 0 unspecified atom stereocenters. The van der Waals surface area contributed by atoms with Crippen LogP contribution < -0.4 is 0 Å². The van der Waals surface area contributed by atoms with Crippen LogP contribution in [-0.4, -0.2) is 23.4 Å². The molecule has 0 fully saturated rings. The van der Waals surface area contributed by atoms with Crippen LogP contribution in [-0.2, 0) is 9.53 Å². The molecule has 0 bridgehead atoms. The first-order valence-corrected chi connectivity index (χ1v) is 8.90. The number of alkyl halides is 1. The number of carbonyl (C=O) groups is 1. The van der Waals surface area contributed by atoms with E-state index < -0.39 is 17.6 Å². The lowest BCUT2D eigenvalue weighted by Gasteiger charge is -2.21. The normalized spacial score (nSPS) is 14.9. The quantitative estimate of drug-likeness (QED) is 0.507. The summed E-state index contributed by atoms with van der Waals surface area (Å²) in [6.45, 7) is 5.11. The number of unbranched alkanes of at least 4 members (excludes halogenated alkanes) is 2. The third-order valence-corrected chi connectivity index (χ3v) is 4.52. The molecule has 0 aromatic heterocycles. The van der Waals surface area contributed by atoms with Gasteiger partial charge in [0.05, 0.1) is 5.92 Å². The Balaban J connectivity index is 1.98. The van der Waals surface area contributed by atoms with Crippen LogP contribution in [0.15, 0.2) is 36.4 Å². The highest BCUT2D eigenvalue weighted by Crippen LogP contribution is 2.26. The van der Waals surface area contributed by atoms with Crippen molar-refractivity contribution in [1.29, 1.82) is 0 Å². The number of fused-ring (bicyclic) bond motifs is 1. The van der Waals surface area contributed by atoms with Gasteiger partial charge in [-0.2, -0.15) is 0 Å². The number of esters is 1. The SMILES string of the molecule is CCCCC[C@](C)(F)COC(=O)[C@@H](C)c1ccc2cc(O)ccc2c1. The van der Waals surface area contributed by atoms with Crippen LogP contribution in [0.2, 0.25) is 0 Å². The molecule has 0 saturated heterocycles. The largest absolute Gasteiger partial charge is 0.508 e. The number of rotatable bonds is 8. The fraction of sp³-hybridized carbons (Fsp3) is 0.476. The second kappa shape index (κ2) is 8.32. The van der Waals surface area contributed by atoms with Gasteiger partial charge in [-0.3, -0.25) is 4.79 Å². The van der Waals surface area contributed by atoms with Gasteiger partial charge in [-0.1, -0.05) is 50.5 Å². The molecule has 25 heavy (non-hydrogen) atoms. The van der Waals surface area contributed by atoms with Gasteiger partial charge in [-0.25, -0.2) is 4.39 Å². The Labute approximate surface area is 148 Å². The van der Waals surface area contributed by atoms with Crippen LogP contribution >= 0.6 is 0 Å². The van der Waals surface area contributed by atoms with E-state index in [4.69, 9.17) is 4.74 Å². The van der Waals surface area contributed by atoms with Crippen LogP contribution in [0.3, 0.4) is 0 Å². The predicted octanol–water partition coefficient (Wildman–Crippen LogP) is 5.50. The first kappa shape index (κ1) is 19.2. The van der Waals surface area contributed by atoms with Crippen molar-refractivity contribution in [3.05, 3.63) is 42.0 Å². The van der Waals surface area contributed by atoms with Gasteiger partial charge in [0.2, 0.25) is 0 Å². The van der Waals surface area contributed by atoms with Gasteiger partial charge in [-0.15, -0.1) is 0 Å². The van der Waals surface area contributed by atoms with E-state index in [1.807, 2.05) is 18.2 Å². The average molecular weight is 346 g/mol. The Morgan fingerprint density at radius 2 is 1.88 bits per heavy atom. The maximum absolute atomic E-state index is 14.4. The molecule has 0 aliphatic carbocycles. The van der Waals surface area contributed by atoms with E-state index >= 15 is 0 Å². The number of benzene rings is 2. The number of phenolic OH excluding ortho intramolecular Hbond substituents is 1. The maximum atomic E-state index is 14.4. The van der Waals surface area contributed by atoms with Crippen LogP contribution in [0.1, 0.15) is 57.9 Å². The number of aromatic hydroxyl groups is 1.